The molecule has 2 aromatic heterocycles. The maximum atomic E-state index is 12.2. The van der Waals surface area contributed by atoms with E-state index in [1.165, 1.54) is 11.3 Å². The van der Waals surface area contributed by atoms with Gasteiger partial charge in [0.2, 0.25) is 5.91 Å². The molecule has 0 unspecified atom stereocenters. The Balaban J connectivity index is 1.44. The summed E-state index contributed by atoms with van der Waals surface area (Å²) in [6.45, 7) is 1.90. The molecule has 4 rings (SSSR count). The number of nitrogens with one attached hydrogen (secondary N) is 1. The van der Waals surface area contributed by atoms with Crippen LogP contribution in [0, 0.1) is 6.92 Å². The Morgan fingerprint density at radius 1 is 1.21 bits per heavy atom. The van der Waals surface area contributed by atoms with Crippen molar-refractivity contribution in [3.63, 3.8) is 0 Å². The number of carbonyl (C=O) groups excluding carboxylic acids is 1. The van der Waals surface area contributed by atoms with Crippen molar-refractivity contribution >= 4 is 68.0 Å². The Kier molecular flexibility index (Phi) is 5.59. The summed E-state index contributed by atoms with van der Waals surface area (Å²) >= 11 is 15.1. The fourth-order valence-electron chi connectivity index (χ4n) is 2.55. The van der Waals surface area contributed by atoms with Crippen LogP contribution in [0.1, 0.15) is 5.56 Å². The summed E-state index contributed by atoms with van der Waals surface area (Å²) in [5.74, 6) is 0.295. The number of fused-ring (bicyclic) bond motifs is 1. The summed E-state index contributed by atoms with van der Waals surface area (Å²) < 4.78 is 6.74. The largest absolute Gasteiger partial charge is 0.410 e. The number of benzene rings is 2. The van der Waals surface area contributed by atoms with Gasteiger partial charge in [-0.15, -0.1) is 21.5 Å². The zero-order chi connectivity index (χ0) is 19.7. The number of halogens is 2. The first-order valence-corrected chi connectivity index (χ1v) is 10.8. The molecule has 9 heteroatoms. The number of anilines is 1. The third-order valence-corrected chi connectivity index (χ3v) is 6.65. The highest BCUT2D eigenvalue weighted by Crippen LogP contribution is 2.41. The molecular weight excluding hydrogens is 437 g/mol. The van der Waals surface area contributed by atoms with E-state index in [4.69, 9.17) is 27.6 Å². The molecule has 0 saturated carbocycles. The predicted octanol–water partition coefficient (Wildman–Crippen LogP) is 6.30. The van der Waals surface area contributed by atoms with Gasteiger partial charge in [-0.05, 0) is 30.7 Å². The molecule has 0 saturated heterocycles. The van der Waals surface area contributed by atoms with Crippen LogP contribution >= 0.6 is 46.3 Å². The van der Waals surface area contributed by atoms with E-state index < -0.39 is 0 Å². The topological polar surface area (TPSA) is 68.0 Å². The molecule has 0 aliphatic heterocycles. The molecule has 0 aliphatic rings. The molecule has 0 bridgehead atoms. The van der Waals surface area contributed by atoms with Crippen molar-refractivity contribution < 1.29 is 9.21 Å². The number of hydrogen-bond donors (Lipinski definition) is 1. The van der Waals surface area contributed by atoms with Crippen molar-refractivity contribution in [2.75, 3.05) is 11.1 Å². The second kappa shape index (κ2) is 8.13. The minimum Gasteiger partial charge on any atom is -0.410 e. The summed E-state index contributed by atoms with van der Waals surface area (Å²) in [6, 6.07) is 13.2. The van der Waals surface area contributed by atoms with Gasteiger partial charge < -0.3 is 9.73 Å². The maximum Gasteiger partial charge on any atom is 0.277 e. The predicted molar refractivity (Wildman–Crippen MR) is 116 cm³/mol. The monoisotopic (exact) mass is 449 g/mol. The lowest BCUT2D eigenvalue weighted by atomic mass is 10.2. The van der Waals surface area contributed by atoms with Crippen molar-refractivity contribution in [1.29, 1.82) is 0 Å². The van der Waals surface area contributed by atoms with E-state index in [2.05, 4.69) is 15.5 Å². The molecule has 2 heterocycles. The van der Waals surface area contributed by atoms with Crippen LogP contribution in [0.15, 0.2) is 52.1 Å². The highest BCUT2D eigenvalue weighted by Gasteiger charge is 2.18. The van der Waals surface area contributed by atoms with Gasteiger partial charge in [-0.25, -0.2) is 0 Å². The van der Waals surface area contributed by atoms with Crippen LogP contribution in [-0.4, -0.2) is 21.9 Å². The van der Waals surface area contributed by atoms with Crippen LogP contribution in [0.25, 0.3) is 20.9 Å². The normalized spacial score (nSPS) is 11.1. The second-order valence-corrected chi connectivity index (χ2v) is 8.70. The standard InChI is InChI=1S/C19H13Cl2N3O2S2/c1-10-6-7-11(20)8-13(10)22-15(25)9-27-19-24-23-18(26-19)17-16(21)12-4-2-3-5-14(12)28-17/h2-8H,9H2,1H3,(H,22,25). The van der Waals surface area contributed by atoms with Crippen molar-refractivity contribution in [2.24, 2.45) is 0 Å². The van der Waals surface area contributed by atoms with Gasteiger partial charge >= 0.3 is 0 Å². The first-order chi connectivity index (χ1) is 13.5. The van der Waals surface area contributed by atoms with Crippen LogP contribution in [-0.2, 0) is 4.79 Å². The Labute approximate surface area is 179 Å². The Hall–Kier alpha value is -2.06. The van der Waals surface area contributed by atoms with Crippen LogP contribution in [0.3, 0.4) is 0 Å². The number of thiophene rings is 1. The lowest BCUT2D eigenvalue weighted by Gasteiger charge is -2.07. The average molecular weight is 450 g/mol. The zero-order valence-corrected chi connectivity index (χ0v) is 17.7. The Morgan fingerprint density at radius 3 is 2.86 bits per heavy atom. The average Bonchev–Trinajstić information content (AvgIpc) is 3.28. The van der Waals surface area contributed by atoms with E-state index in [9.17, 15) is 4.79 Å². The molecule has 1 amide bonds. The number of amides is 1. The molecular formula is C19H13Cl2N3O2S2. The molecule has 2 aromatic carbocycles. The Morgan fingerprint density at radius 2 is 2.04 bits per heavy atom. The third kappa shape index (κ3) is 4.03. The lowest BCUT2D eigenvalue weighted by Crippen LogP contribution is -2.14. The highest BCUT2D eigenvalue weighted by molar-refractivity contribution is 7.99. The van der Waals surface area contributed by atoms with Crippen LogP contribution in [0.4, 0.5) is 5.69 Å². The molecule has 142 valence electrons. The minimum absolute atomic E-state index is 0.133. The van der Waals surface area contributed by atoms with Crippen molar-refractivity contribution in [3.8, 4) is 10.8 Å². The van der Waals surface area contributed by atoms with Crippen LogP contribution in [0.5, 0.6) is 0 Å². The summed E-state index contributed by atoms with van der Waals surface area (Å²) in [7, 11) is 0. The number of thioether (sulfide) groups is 1. The van der Waals surface area contributed by atoms with E-state index in [0.717, 1.165) is 32.3 Å². The summed E-state index contributed by atoms with van der Waals surface area (Å²) in [4.78, 5) is 12.9. The number of hydrogen-bond acceptors (Lipinski definition) is 6. The van der Waals surface area contributed by atoms with Gasteiger partial charge in [-0.3, -0.25) is 4.79 Å². The van der Waals surface area contributed by atoms with Gasteiger partial charge in [0.1, 0.15) is 4.88 Å². The van der Waals surface area contributed by atoms with Crippen molar-refractivity contribution in [3.05, 3.63) is 58.1 Å². The van der Waals surface area contributed by atoms with Crippen LogP contribution < -0.4 is 5.32 Å². The molecule has 1 N–H and O–H groups in total. The van der Waals surface area contributed by atoms with E-state index in [0.29, 0.717) is 26.8 Å². The lowest BCUT2D eigenvalue weighted by molar-refractivity contribution is -0.113. The van der Waals surface area contributed by atoms with Gasteiger partial charge in [0.15, 0.2) is 0 Å². The van der Waals surface area contributed by atoms with E-state index in [1.807, 2.05) is 37.3 Å². The molecule has 4 aromatic rings. The number of aryl methyl sites for hydroxylation is 1. The SMILES string of the molecule is Cc1ccc(Cl)cc1NC(=O)CSc1nnc(-c2sc3ccccc3c2Cl)o1. The molecule has 0 aliphatic carbocycles. The van der Waals surface area contributed by atoms with Crippen molar-refractivity contribution in [1.82, 2.24) is 10.2 Å². The number of carbonyl (C=O) groups is 1. The number of aromatic nitrogens is 2. The maximum absolute atomic E-state index is 12.2. The smallest absolute Gasteiger partial charge is 0.277 e. The summed E-state index contributed by atoms with van der Waals surface area (Å²) in [6.07, 6.45) is 0. The number of nitrogens with zero attached hydrogens (tertiary/aromatic N) is 2. The fraction of sp³-hybridized carbons (Fsp3) is 0.105. The minimum atomic E-state index is -0.185. The molecule has 28 heavy (non-hydrogen) atoms. The van der Waals surface area contributed by atoms with E-state index >= 15 is 0 Å². The van der Waals surface area contributed by atoms with Crippen molar-refractivity contribution in [2.45, 2.75) is 12.1 Å². The molecule has 0 radical (unpaired) electrons. The summed E-state index contributed by atoms with van der Waals surface area (Å²) in [5, 5.41) is 13.3. The van der Waals surface area contributed by atoms with Gasteiger partial charge in [0.25, 0.3) is 11.1 Å². The fourth-order valence-corrected chi connectivity index (χ4v) is 4.72. The zero-order valence-electron chi connectivity index (χ0n) is 14.5. The Bertz CT molecular complexity index is 1170. The number of rotatable bonds is 5. The molecule has 0 fully saturated rings. The first-order valence-electron chi connectivity index (χ1n) is 8.21. The quantitative estimate of drug-likeness (QED) is 0.362. The molecule has 5 nitrogen and oxygen atoms in total. The van der Waals surface area contributed by atoms with Gasteiger partial charge in [0, 0.05) is 20.8 Å². The van der Waals surface area contributed by atoms with Gasteiger partial charge in [-0.2, -0.15) is 0 Å². The first kappa shape index (κ1) is 19.3. The van der Waals surface area contributed by atoms with Crippen LogP contribution in [0.2, 0.25) is 10.0 Å². The molecule has 0 spiro atoms. The second-order valence-electron chi connectivity index (χ2n) is 5.91. The summed E-state index contributed by atoms with van der Waals surface area (Å²) in [5.41, 5.74) is 1.61. The van der Waals surface area contributed by atoms with E-state index in [1.54, 1.807) is 12.1 Å². The van der Waals surface area contributed by atoms with Gasteiger partial charge in [0.05, 0.1) is 10.8 Å². The highest BCUT2D eigenvalue weighted by atomic mass is 35.5. The van der Waals surface area contributed by atoms with E-state index in [-0.39, 0.29) is 11.7 Å². The third-order valence-electron chi connectivity index (χ3n) is 3.94. The molecule has 0 atom stereocenters. The van der Waals surface area contributed by atoms with Gasteiger partial charge in [-0.1, -0.05) is 59.2 Å².